The predicted molar refractivity (Wildman–Crippen MR) is 77.7 cm³/mol. The zero-order chi connectivity index (χ0) is 15.6. The van der Waals surface area contributed by atoms with E-state index in [1.165, 1.54) is 24.5 Å². The van der Waals surface area contributed by atoms with Crippen LogP contribution in [0.2, 0.25) is 0 Å². The van der Waals surface area contributed by atoms with Crippen molar-refractivity contribution in [3.05, 3.63) is 44.9 Å². The molecule has 2 rings (SSSR count). The molecule has 0 spiro atoms. The summed E-state index contributed by atoms with van der Waals surface area (Å²) in [7, 11) is -2.85. The Morgan fingerprint density at radius 1 is 1.38 bits per heavy atom. The van der Waals surface area contributed by atoms with Crippen LogP contribution in [0.5, 0.6) is 0 Å². The Bertz CT molecular complexity index is 775. The molecule has 0 aliphatic carbocycles. The van der Waals surface area contributed by atoms with E-state index in [9.17, 15) is 22.9 Å². The minimum atomic E-state index is -4.20. The van der Waals surface area contributed by atoms with Gasteiger partial charge in [0.2, 0.25) is 0 Å². The maximum Gasteiger partial charge on any atom is 0.274 e. The second-order valence-electron chi connectivity index (χ2n) is 3.93. The largest absolute Gasteiger partial charge is 0.387 e. The predicted octanol–water partition coefficient (Wildman–Crippen LogP) is 2.64. The second kappa shape index (κ2) is 5.66. The smallest absolute Gasteiger partial charge is 0.274 e. The maximum atomic E-state index is 14.0. The Morgan fingerprint density at radius 3 is 2.62 bits per heavy atom. The number of hydrogen-bond acceptors (Lipinski definition) is 6. The number of non-ortho nitro benzene ring substituents is 1. The van der Waals surface area contributed by atoms with Gasteiger partial charge in [-0.05, 0) is 11.4 Å². The minimum Gasteiger partial charge on any atom is -0.387 e. The third kappa shape index (κ3) is 3.11. The average molecular weight is 331 g/mol. The first kappa shape index (κ1) is 15.2. The summed E-state index contributed by atoms with van der Waals surface area (Å²) >= 11 is 1.27. The molecule has 0 aliphatic heterocycles. The van der Waals surface area contributed by atoms with Crippen molar-refractivity contribution in [3.63, 3.8) is 0 Å². The molecular formula is C11H10FN3O4S2. The van der Waals surface area contributed by atoms with Gasteiger partial charge < -0.3 is 5.32 Å². The highest BCUT2D eigenvalue weighted by molar-refractivity contribution is 7.93. The van der Waals surface area contributed by atoms with E-state index in [2.05, 4.69) is 10.0 Å². The molecule has 7 nitrogen and oxygen atoms in total. The Kier molecular flexibility index (Phi) is 4.09. The van der Waals surface area contributed by atoms with Crippen LogP contribution in [0.4, 0.5) is 21.5 Å². The number of hydrogen-bond donors (Lipinski definition) is 2. The summed E-state index contributed by atoms with van der Waals surface area (Å²) in [5.41, 5.74) is -0.435. The van der Waals surface area contributed by atoms with Gasteiger partial charge in [-0.3, -0.25) is 14.8 Å². The summed E-state index contributed by atoms with van der Waals surface area (Å²) in [4.78, 5) is 9.22. The standard InChI is InChI=1S/C11H10FN3O4S2/c1-13-10-5-8(15(16)17)4-9(12)11(10)21(18,19)14-7-2-3-20-6-7/h2-6,13-14H,1H3. The first-order valence-electron chi connectivity index (χ1n) is 5.56. The number of rotatable bonds is 5. The van der Waals surface area contributed by atoms with Crippen molar-refractivity contribution < 1.29 is 17.7 Å². The summed E-state index contributed by atoms with van der Waals surface area (Å²) < 4.78 is 40.7. The minimum absolute atomic E-state index is 0.190. The molecular weight excluding hydrogens is 321 g/mol. The Hall–Kier alpha value is -2.20. The van der Waals surface area contributed by atoms with Gasteiger partial charge in [0.05, 0.1) is 22.4 Å². The number of nitrogens with one attached hydrogen (secondary N) is 2. The maximum absolute atomic E-state index is 14.0. The van der Waals surface area contributed by atoms with Gasteiger partial charge in [-0.1, -0.05) is 0 Å². The van der Waals surface area contributed by atoms with Gasteiger partial charge in [-0.2, -0.15) is 11.3 Å². The van der Waals surface area contributed by atoms with E-state index >= 15 is 0 Å². The van der Waals surface area contributed by atoms with Crippen LogP contribution in [0, 0.1) is 15.9 Å². The van der Waals surface area contributed by atoms with Crippen LogP contribution in [-0.2, 0) is 10.0 Å². The van der Waals surface area contributed by atoms with E-state index < -0.39 is 31.3 Å². The normalized spacial score (nSPS) is 11.1. The fourth-order valence-corrected chi connectivity index (χ4v) is 3.64. The lowest BCUT2D eigenvalue weighted by molar-refractivity contribution is -0.385. The summed E-state index contributed by atoms with van der Waals surface area (Å²) in [5, 5.41) is 16.3. The molecule has 0 atom stereocenters. The van der Waals surface area contributed by atoms with Crippen LogP contribution in [0.3, 0.4) is 0 Å². The Balaban J connectivity index is 2.54. The number of halogens is 1. The van der Waals surface area contributed by atoms with Gasteiger partial charge in [-0.25, -0.2) is 12.8 Å². The van der Waals surface area contributed by atoms with Crippen LogP contribution in [0.25, 0.3) is 0 Å². The molecule has 0 amide bonds. The number of sulfonamides is 1. The lowest BCUT2D eigenvalue weighted by atomic mass is 10.2. The fraction of sp³-hybridized carbons (Fsp3) is 0.0909. The van der Waals surface area contributed by atoms with E-state index in [0.29, 0.717) is 11.8 Å². The highest BCUT2D eigenvalue weighted by Gasteiger charge is 2.26. The molecule has 1 aromatic carbocycles. The highest BCUT2D eigenvalue weighted by atomic mass is 32.2. The third-order valence-corrected chi connectivity index (χ3v) is 4.69. The zero-order valence-corrected chi connectivity index (χ0v) is 12.3. The van der Waals surface area contributed by atoms with Crippen molar-refractivity contribution in [1.29, 1.82) is 0 Å². The van der Waals surface area contributed by atoms with Crippen molar-refractivity contribution in [2.75, 3.05) is 17.1 Å². The monoisotopic (exact) mass is 331 g/mol. The van der Waals surface area contributed by atoms with E-state index in [1.54, 1.807) is 10.8 Å². The first-order chi connectivity index (χ1) is 9.85. The molecule has 0 saturated carbocycles. The Morgan fingerprint density at radius 2 is 2.10 bits per heavy atom. The number of nitrogens with zero attached hydrogens (tertiary/aromatic N) is 1. The van der Waals surface area contributed by atoms with E-state index in [1.807, 2.05) is 0 Å². The lowest BCUT2D eigenvalue weighted by Gasteiger charge is -2.12. The highest BCUT2D eigenvalue weighted by Crippen LogP contribution is 2.31. The van der Waals surface area contributed by atoms with Crippen molar-refractivity contribution >= 4 is 38.4 Å². The number of benzene rings is 1. The quantitative estimate of drug-likeness (QED) is 0.648. The second-order valence-corrected chi connectivity index (χ2v) is 6.33. The molecule has 2 N–H and O–H groups in total. The van der Waals surface area contributed by atoms with Gasteiger partial charge in [-0.15, -0.1) is 0 Å². The summed E-state index contributed by atoms with van der Waals surface area (Å²) in [6.07, 6.45) is 0. The molecule has 112 valence electrons. The zero-order valence-electron chi connectivity index (χ0n) is 10.7. The van der Waals surface area contributed by atoms with Crippen molar-refractivity contribution in [2.24, 2.45) is 0 Å². The number of anilines is 2. The first-order valence-corrected chi connectivity index (χ1v) is 7.98. The SMILES string of the molecule is CNc1cc([N+](=O)[O-])cc(F)c1S(=O)(=O)Nc1ccsc1. The van der Waals surface area contributed by atoms with Crippen molar-refractivity contribution in [1.82, 2.24) is 0 Å². The number of thiophene rings is 1. The van der Waals surface area contributed by atoms with Crippen LogP contribution >= 0.6 is 11.3 Å². The molecule has 2 aromatic rings. The third-order valence-electron chi connectivity index (χ3n) is 2.55. The molecule has 21 heavy (non-hydrogen) atoms. The molecule has 1 heterocycles. The van der Waals surface area contributed by atoms with E-state index in [0.717, 1.165) is 6.07 Å². The van der Waals surface area contributed by atoms with E-state index in [4.69, 9.17) is 0 Å². The van der Waals surface area contributed by atoms with Gasteiger partial charge in [0, 0.05) is 18.5 Å². The lowest BCUT2D eigenvalue weighted by Crippen LogP contribution is -2.16. The average Bonchev–Trinajstić information content (AvgIpc) is 2.89. The molecule has 0 unspecified atom stereocenters. The van der Waals surface area contributed by atoms with Crippen molar-refractivity contribution in [2.45, 2.75) is 4.90 Å². The molecule has 0 bridgehead atoms. The molecule has 0 aliphatic rings. The summed E-state index contributed by atoms with van der Waals surface area (Å²) in [5.74, 6) is -1.20. The van der Waals surface area contributed by atoms with Crippen LogP contribution < -0.4 is 10.0 Å². The van der Waals surface area contributed by atoms with Crippen LogP contribution in [0.1, 0.15) is 0 Å². The summed E-state index contributed by atoms with van der Waals surface area (Å²) in [6, 6.07) is 3.05. The van der Waals surface area contributed by atoms with Gasteiger partial charge >= 0.3 is 0 Å². The van der Waals surface area contributed by atoms with Gasteiger partial charge in [0.1, 0.15) is 4.90 Å². The number of nitro groups is 1. The van der Waals surface area contributed by atoms with E-state index in [-0.39, 0.29) is 5.69 Å². The molecule has 1 aromatic heterocycles. The molecule has 0 radical (unpaired) electrons. The molecule has 10 heteroatoms. The Labute approximate surface area is 123 Å². The fourth-order valence-electron chi connectivity index (χ4n) is 1.67. The molecule has 0 fully saturated rings. The van der Waals surface area contributed by atoms with Crippen molar-refractivity contribution in [3.8, 4) is 0 Å². The molecule has 0 saturated heterocycles. The van der Waals surface area contributed by atoms with Gasteiger partial charge in [0.15, 0.2) is 5.82 Å². The summed E-state index contributed by atoms with van der Waals surface area (Å²) in [6.45, 7) is 0. The van der Waals surface area contributed by atoms with Gasteiger partial charge in [0.25, 0.3) is 15.7 Å². The number of nitro benzene ring substituents is 1. The van der Waals surface area contributed by atoms with Crippen LogP contribution in [-0.4, -0.2) is 20.4 Å². The topological polar surface area (TPSA) is 101 Å². The van der Waals surface area contributed by atoms with Crippen LogP contribution in [0.15, 0.2) is 33.9 Å².